The Morgan fingerprint density at radius 2 is 1.79 bits per heavy atom. The van der Waals surface area contributed by atoms with Crippen LogP contribution in [0.2, 0.25) is 0 Å². The minimum absolute atomic E-state index is 0.348. The first kappa shape index (κ1) is 12.9. The van der Waals surface area contributed by atoms with E-state index in [2.05, 4.69) is 15.3 Å². The lowest BCUT2D eigenvalue weighted by atomic mass is 9.85. The number of nitrogens with zero attached hydrogens (tertiary/aromatic N) is 2. The second-order valence-electron chi connectivity index (χ2n) is 6.34. The van der Waals surface area contributed by atoms with Crippen LogP contribution in [-0.4, -0.2) is 34.3 Å². The molecule has 1 aliphatic carbocycles. The zero-order valence-corrected chi connectivity index (χ0v) is 11.9. The fourth-order valence-corrected chi connectivity index (χ4v) is 1.96. The maximum atomic E-state index is 5.97. The molecule has 0 bridgehead atoms. The lowest BCUT2D eigenvalue weighted by Gasteiger charge is -2.32. The third kappa shape index (κ3) is 2.47. The van der Waals surface area contributed by atoms with E-state index in [1.165, 1.54) is 12.8 Å². The first-order valence-electron chi connectivity index (χ1n) is 6.81. The molecule has 1 aromatic rings. The Kier molecular flexibility index (Phi) is 2.83. The van der Waals surface area contributed by atoms with Crippen LogP contribution in [0, 0.1) is 0 Å². The molecule has 19 heavy (non-hydrogen) atoms. The predicted molar refractivity (Wildman–Crippen MR) is 74.4 cm³/mol. The third-order valence-corrected chi connectivity index (χ3v) is 4.08. The van der Waals surface area contributed by atoms with Crippen LogP contribution in [0.5, 0.6) is 0 Å². The topological polar surface area (TPSA) is 56.3 Å². The smallest absolute Gasteiger partial charge is 0.398 e. The minimum Gasteiger partial charge on any atom is -0.398 e. The Morgan fingerprint density at radius 3 is 2.37 bits per heavy atom. The predicted octanol–water partition coefficient (Wildman–Crippen LogP) is 1.35. The van der Waals surface area contributed by atoms with Crippen LogP contribution in [0.1, 0.15) is 40.5 Å². The molecule has 6 heteroatoms. The van der Waals surface area contributed by atoms with E-state index in [9.17, 15) is 0 Å². The van der Waals surface area contributed by atoms with Gasteiger partial charge in [-0.15, -0.1) is 0 Å². The SMILES string of the molecule is CC1(C)OB(c2cncc(NC3CC3)n2)OC1(C)C. The fourth-order valence-electron chi connectivity index (χ4n) is 1.96. The molecule has 2 heterocycles. The van der Waals surface area contributed by atoms with Gasteiger partial charge in [-0.2, -0.15) is 0 Å². The van der Waals surface area contributed by atoms with Crippen LogP contribution >= 0.6 is 0 Å². The van der Waals surface area contributed by atoms with E-state index in [0.29, 0.717) is 6.04 Å². The van der Waals surface area contributed by atoms with Crippen molar-refractivity contribution in [3.05, 3.63) is 12.4 Å². The van der Waals surface area contributed by atoms with Crippen LogP contribution in [0.4, 0.5) is 5.82 Å². The van der Waals surface area contributed by atoms with Crippen molar-refractivity contribution in [1.29, 1.82) is 0 Å². The molecule has 1 aromatic heterocycles. The van der Waals surface area contributed by atoms with E-state index in [4.69, 9.17) is 9.31 Å². The second-order valence-corrected chi connectivity index (χ2v) is 6.34. The summed E-state index contributed by atoms with van der Waals surface area (Å²) >= 11 is 0. The molecule has 102 valence electrons. The van der Waals surface area contributed by atoms with Crippen LogP contribution in [0.3, 0.4) is 0 Å². The van der Waals surface area contributed by atoms with Crippen molar-refractivity contribution in [2.24, 2.45) is 0 Å². The molecule has 1 saturated heterocycles. The normalized spacial score (nSPS) is 24.5. The monoisotopic (exact) mass is 261 g/mol. The standard InChI is InChI=1S/C13H20BN3O2/c1-12(2)13(3,4)19-14(18-12)10-7-15-8-11(17-10)16-9-5-6-9/h7-9H,5-6H2,1-4H3,(H,16,17). The van der Waals surface area contributed by atoms with Crippen LogP contribution in [0.25, 0.3) is 0 Å². The minimum atomic E-state index is -0.446. The third-order valence-electron chi connectivity index (χ3n) is 4.08. The molecule has 0 aromatic carbocycles. The van der Waals surface area contributed by atoms with Gasteiger partial charge in [0.2, 0.25) is 0 Å². The van der Waals surface area contributed by atoms with Gasteiger partial charge in [0, 0.05) is 12.2 Å². The van der Waals surface area contributed by atoms with Crippen molar-refractivity contribution >= 4 is 18.5 Å². The number of hydrogen-bond donors (Lipinski definition) is 1. The van der Waals surface area contributed by atoms with Crippen LogP contribution in [-0.2, 0) is 9.31 Å². The van der Waals surface area contributed by atoms with Crippen molar-refractivity contribution in [2.45, 2.75) is 57.8 Å². The highest BCUT2D eigenvalue weighted by molar-refractivity contribution is 6.61. The number of rotatable bonds is 3. The van der Waals surface area contributed by atoms with E-state index in [1.54, 1.807) is 12.4 Å². The first-order valence-corrected chi connectivity index (χ1v) is 6.81. The fraction of sp³-hybridized carbons (Fsp3) is 0.692. The van der Waals surface area contributed by atoms with Crippen LogP contribution in [0.15, 0.2) is 12.4 Å². The summed E-state index contributed by atoms with van der Waals surface area (Å²) in [5.74, 6) is 0.801. The summed E-state index contributed by atoms with van der Waals surface area (Å²) in [5.41, 5.74) is 0.0303. The summed E-state index contributed by atoms with van der Waals surface area (Å²) in [4.78, 5) is 8.76. The molecule has 0 atom stereocenters. The Balaban J connectivity index is 1.79. The number of nitrogens with one attached hydrogen (secondary N) is 1. The van der Waals surface area contributed by atoms with Crippen molar-refractivity contribution in [3.63, 3.8) is 0 Å². The number of anilines is 1. The molecular formula is C13H20BN3O2. The number of hydrogen-bond acceptors (Lipinski definition) is 5. The molecular weight excluding hydrogens is 241 g/mol. The summed E-state index contributed by atoms with van der Waals surface area (Å²) in [6.45, 7) is 8.14. The molecule has 0 amide bonds. The van der Waals surface area contributed by atoms with Gasteiger partial charge in [0.25, 0.3) is 0 Å². The Labute approximate surface area is 114 Å². The van der Waals surface area contributed by atoms with Gasteiger partial charge in [-0.3, -0.25) is 4.98 Å². The summed E-state index contributed by atoms with van der Waals surface area (Å²) in [5, 5.41) is 3.34. The largest absolute Gasteiger partial charge is 0.516 e. The Bertz CT molecular complexity index is 473. The zero-order chi connectivity index (χ0) is 13.7. The molecule has 1 saturated carbocycles. The summed E-state index contributed by atoms with van der Waals surface area (Å²) in [6.07, 6.45) is 5.87. The molecule has 2 fully saturated rings. The van der Waals surface area contributed by atoms with E-state index >= 15 is 0 Å². The molecule has 2 aliphatic rings. The highest BCUT2D eigenvalue weighted by atomic mass is 16.7. The molecule has 1 aliphatic heterocycles. The maximum absolute atomic E-state index is 5.97. The van der Waals surface area contributed by atoms with Gasteiger partial charge in [0.1, 0.15) is 5.82 Å². The molecule has 0 unspecified atom stereocenters. The lowest BCUT2D eigenvalue weighted by molar-refractivity contribution is 0.00578. The highest BCUT2D eigenvalue weighted by Crippen LogP contribution is 2.36. The molecule has 1 N–H and O–H groups in total. The summed E-state index contributed by atoms with van der Waals surface area (Å²) in [7, 11) is -0.446. The van der Waals surface area contributed by atoms with Crippen molar-refractivity contribution in [2.75, 3.05) is 5.32 Å². The average Bonchev–Trinajstić information content (AvgIpc) is 3.07. The van der Waals surface area contributed by atoms with Gasteiger partial charge >= 0.3 is 7.12 Å². The molecule has 5 nitrogen and oxygen atoms in total. The van der Waals surface area contributed by atoms with E-state index < -0.39 is 7.12 Å². The van der Waals surface area contributed by atoms with Gasteiger partial charge in [-0.05, 0) is 40.5 Å². The van der Waals surface area contributed by atoms with E-state index in [0.717, 1.165) is 11.4 Å². The Morgan fingerprint density at radius 1 is 1.16 bits per heavy atom. The van der Waals surface area contributed by atoms with Crippen molar-refractivity contribution in [1.82, 2.24) is 9.97 Å². The lowest BCUT2D eigenvalue weighted by Crippen LogP contribution is -2.41. The Hall–Kier alpha value is -1.14. The summed E-state index contributed by atoms with van der Waals surface area (Å²) in [6, 6.07) is 0.558. The van der Waals surface area contributed by atoms with Gasteiger partial charge < -0.3 is 14.6 Å². The number of aromatic nitrogens is 2. The maximum Gasteiger partial charge on any atom is 0.516 e. The first-order chi connectivity index (χ1) is 8.87. The average molecular weight is 261 g/mol. The highest BCUT2D eigenvalue weighted by Gasteiger charge is 2.52. The van der Waals surface area contributed by atoms with E-state index in [1.807, 2.05) is 27.7 Å². The molecule has 0 spiro atoms. The van der Waals surface area contributed by atoms with Gasteiger partial charge in [0.15, 0.2) is 0 Å². The van der Waals surface area contributed by atoms with Crippen LogP contribution < -0.4 is 10.9 Å². The van der Waals surface area contributed by atoms with Crippen molar-refractivity contribution in [3.8, 4) is 0 Å². The van der Waals surface area contributed by atoms with Crippen molar-refractivity contribution < 1.29 is 9.31 Å². The summed E-state index contributed by atoms with van der Waals surface area (Å²) < 4.78 is 11.9. The quantitative estimate of drug-likeness (QED) is 0.832. The second kappa shape index (κ2) is 4.18. The van der Waals surface area contributed by atoms with E-state index in [-0.39, 0.29) is 11.2 Å². The van der Waals surface area contributed by atoms with Gasteiger partial charge in [-0.1, -0.05) is 0 Å². The molecule has 0 radical (unpaired) electrons. The molecule has 3 rings (SSSR count). The zero-order valence-electron chi connectivity index (χ0n) is 11.9. The van der Waals surface area contributed by atoms with Gasteiger partial charge in [-0.25, -0.2) is 4.98 Å². The van der Waals surface area contributed by atoms with Gasteiger partial charge in [0.05, 0.1) is 23.0 Å².